The van der Waals surface area contributed by atoms with Crippen molar-refractivity contribution in [3.63, 3.8) is 0 Å². The molecule has 0 fully saturated rings. The molecule has 0 radical (unpaired) electrons. The molecular formula is C16H27N3. The highest BCUT2D eigenvalue weighted by Crippen LogP contribution is 2.04. The van der Waals surface area contributed by atoms with Crippen molar-refractivity contribution in [3.05, 3.63) is 36.5 Å². The van der Waals surface area contributed by atoms with Gasteiger partial charge in [0.15, 0.2) is 0 Å². The molecule has 0 aliphatic heterocycles. The first-order valence-corrected chi connectivity index (χ1v) is 7.21. The van der Waals surface area contributed by atoms with Crippen molar-refractivity contribution in [1.29, 1.82) is 0 Å². The molecule has 0 aliphatic rings. The summed E-state index contributed by atoms with van der Waals surface area (Å²) in [6.07, 6.45) is 6.47. The van der Waals surface area contributed by atoms with Crippen molar-refractivity contribution >= 4 is 5.82 Å². The molecule has 1 aromatic rings. The Balaban J connectivity index is 1.95. The third kappa shape index (κ3) is 8.38. The second-order valence-corrected chi connectivity index (χ2v) is 5.20. The van der Waals surface area contributed by atoms with Gasteiger partial charge in [-0.15, -0.1) is 6.58 Å². The predicted octanol–water partition coefficient (Wildman–Crippen LogP) is 3.61. The zero-order valence-corrected chi connectivity index (χ0v) is 12.3. The van der Waals surface area contributed by atoms with Crippen LogP contribution in [0, 0.1) is 0 Å². The average Bonchev–Trinajstić information content (AvgIpc) is 2.41. The Hall–Kier alpha value is -1.35. The number of allylic oxidation sites excluding steroid dienone is 1. The Morgan fingerprint density at radius 3 is 2.79 bits per heavy atom. The van der Waals surface area contributed by atoms with Crippen LogP contribution >= 0.6 is 0 Å². The normalized spacial score (nSPS) is 12.1. The summed E-state index contributed by atoms with van der Waals surface area (Å²) in [6, 6.07) is 6.51. The van der Waals surface area contributed by atoms with Crippen molar-refractivity contribution in [2.75, 3.05) is 18.4 Å². The molecule has 106 valence electrons. The molecule has 0 amide bonds. The lowest BCUT2D eigenvalue weighted by atomic mass is 10.1. The van der Waals surface area contributed by atoms with Crippen LogP contribution in [0.4, 0.5) is 5.82 Å². The Morgan fingerprint density at radius 2 is 2.11 bits per heavy atom. The van der Waals surface area contributed by atoms with Crippen molar-refractivity contribution in [1.82, 2.24) is 10.3 Å². The molecule has 0 bridgehead atoms. The maximum absolute atomic E-state index is 4.23. The van der Waals surface area contributed by atoms with Gasteiger partial charge in [0.25, 0.3) is 0 Å². The van der Waals surface area contributed by atoms with Crippen molar-refractivity contribution in [2.24, 2.45) is 0 Å². The van der Waals surface area contributed by atoms with Crippen LogP contribution in [0.5, 0.6) is 0 Å². The maximum Gasteiger partial charge on any atom is 0.125 e. The monoisotopic (exact) mass is 261 g/mol. The maximum atomic E-state index is 4.23. The number of unbranched alkanes of at least 4 members (excludes halogenated alkanes) is 1. The zero-order chi connectivity index (χ0) is 13.9. The molecule has 0 saturated carbocycles. The second-order valence-electron chi connectivity index (χ2n) is 5.20. The predicted molar refractivity (Wildman–Crippen MR) is 83.5 cm³/mol. The van der Waals surface area contributed by atoms with Gasteiger partial charge in [-0.05, 0) is 58.2 Å². The van der Waals surface area contributed by atoms with E-state index in [0.29, 0.717) is 6.04 Å². The van der Waals surface area contributed by atoms with Gasteiger partial charge < -0.3 is 10.6 Å². The molecule has 3 nitrogen and oxygen atoms in total. The second kappa shape index (κ2) is 9.56. The van der Waals surface area contributed by atoms with Gasteiger partial charge in [-0.1, -0.05) is 11.6 Å². The minimum Gasteiger partial charge on any atom is -0.370 e. The summed E-state index contributed by atoms with van der Waals surface area (Å²) >= 11 is 0. The van der Waals surface area contributed by atoms with E-state index in [0.717, 1.165) is 31.7 Å². The molecule has 1 unspecified atom stereocenters. The van der Waals surface area contributed by atoms with Crippen molar-refractivity contribution in [2.45, 2.75) is 45.6 Å². The highest BCUT2D eigenvalue weighted by molar-refractivity contribution is 5.32. The molecule has 1 rings (SSSR count). The van der Waals surface area contributed by atoms with Crippen LogP contribution < -0.4 is 10.6 Å². The molecule has 0 aromatic carbocycles. The molecule has 1 aromatic heterocycles. The van der Waals surface area contributed by atoms with E-state index in [1.54, 1.807) is 0 Å². The summed E-state index contributed by atoms with van der Waals surface area (Å²) < 4.78 is 0. The van der Waals surface area contributed by atoms with Crippen LogP contribution in [-0.2, 0) is 0 Å². The number of anilines is 1. The molecule has 1 heterocycles. The smallest absolute Gasteiger partial charge is 0.125 e. The quantitative estimate of drug-likeness (QED) is 0.499. The fourth-order valence-electron chi connectivity index (χ4n) is 1.85. The summed E-state index contributed by atoms with van der Waals surface area (Å²) in [5.74, 6) is 0.963. The SMILES string of the molecule is C=C(C)CCC(C)NCCCCNc1ccccn1. The van der Waals surface area contributed by atoms with Crippen LogP contribution in [-0.4, -0.2) is 24.1 Å². The average molecular weight is 261 g/mol. The van der Waals surface area contributed by atoms with Gasteiger partial charge in [0.05, 0.1) is 0 Å². The fraction of sp³-hybridized carbons (Fsp3) is 0.562. The van der Waals surface area contributed by atoms with Crippen molar-refractivity contribution in [3.8, 4) is 0 Å². The van der Waals surface area contributed by atoms with E-state index in [1.807, 2.05) is 24.4 Å². The van der Waals surface area contributed by atoms with E-state index >= 15 is 0 Å². The molecular weight excluding hydrogens is 234 g/mol. The number of rotatable bonds is 10. The zero-order valence-electron chi connectivity index (χ0n) is 12.3. The van der Waals surface area contributed by atoms with Crippen LogP contribution in [0.3, 0.4) is 0 Å². The molecule has 0 spiro atoms. The van der Waals surface area contributed by atoms with E-state index in [-0.39, 0.29) is 0 Å². The molecule has 0 saturated heterocycles. The van der Waals surface area contributed by atoms with Crippen LogP contribution in [0.2, 0.25) is 0 Å². The highest BCUT2D eigenvalue weighted by atomic mass is 15.0. The third-order valence-corrected chi connectivity index (χ3v) is 3.07. The number of nitrogens with zero attached hydrogens (tertiary/aromatic N) is 1. The summed E-state index contributed by atoms with van der Waals surface area (Å²) in [6.45, 7) is 10.3. The first-order valence-electron chi connectivity index (χ1n) is 7.21. The van der Waals surface area contributed by atoms with E-state index in [4.69, 9.17) is 0 Å². The Kier molecular flexibility index (Phi) is 7.91. The lowest BCUT2D eigenvalue weighted by molar-refractivity contribution is 0.502. The van der Waals surface area contributed by atoms with Gasteiger partial charge in [0, 0.05) is 18.8 Å². The Bertz CT molecular complexity index is 348. The lowest BCUT2D eigenvalue weighted by Gasteiger charge is -2.13. The number of nitrogens with one attached hydrogen (secondary N) is 2. The van der Waals surface area contributed by atoms with Gasteiger partial charge in [0.1, 0.15) is 5.82 Å². The summed E-state index contributed by atoms with van der Waals surface area (Å²) in [7, 11) is 0. The number of hydrogen-bond acceptors (Lipinski definition) is 3. The summed E-state index contributed by atoms with van der Waals surface area (Å²) in [5.41, 5.74) is 1.27. The van der Waals surface area contributed by atoms with E-state index in [2.05, 4.69) is 36.0 Å². The minimum atomic E-state index is 0.584. The van der Waals surface area contributed by atoms with Gasteiger partial charge in [-0.2, -0.15) is 0 Å². The van der Waals surface area contributed by atoms with E-state index in [9.17, 15) is 0 Å². The topological polar surface area (TPSA) is 37.0 Å². The number of hydrogen-bond donors (Lipinski definition) is 2. The first-order chi connectivity index (χ1) is 9.18. The third-order valence-electron chi connectivity index (χ3n) is 3.07. The van der Waals surface area contributed by atoms with E-state index in [1.165, 1.54) is 18.4 Å². The van der Waals surface area contributed by atoms with Crippen molar-refractivity contribution < 1.29 is 0 Å². The molecule has 1 atom stereocenters. The summed E-state index contributed by atoms with van der Waals surface area (Å²) in [4.78, 5) is 4.23. The molecule has 2 N–H and O–H groups in total. The molecule has 19 heavy (non-hydrogen) atoms. The first kappa shape index (κ1) is 15.7. The van der Waals surface area contributed by atoms with Gasteiger partial charge in [-0.3, -0.25) is 0 Å². The van der Waals surface area contributed by atoms with E-state index < -0.39 is 0 Å². The largest absolute Gasteiger partial charge is 0.370 e. The van der Waals surface area contributed by atoms with Crippen LogP contribution in [0.15, 0.2) is 36.5 Å². The Labute approximate surface area is 117 Å². The molecule has 3 heteroatoms. The highest BCUT2D eigenvalue weighted by Gasteiger charge is 2.00. The lowest BCUT2D eigenvalue weighted by Crippen LogP contribution is -2.27. The standard InChI is InChI=1S/C16H27N3/c1-14(2)9-10-15(3)17-11-6-7-13-19-16-8-4-5-12-18-16/h4-5,8,12,15,17H,1,6-7,9-11,13H2,2-3H3,(H,18,19). The fourth-order valence-corrected chi connectivity index (χ4v) is 1.85. The van der Waals surface area contributed by atoms with Gasteiger partial charge in [0.2, 0.25) is 0 Å². The molecule has 0 aliphatic carbocycles. The van der Waals surface area contributed by atoms with Crippen LogP contribution in [0.1, 0.15) is 39.5 Å². The Morgan fingerprint density at radius 1 is 1.32 bits per heavy atom. The van der Waals surface area contributed by atoms with Gasteiger partial charge in [-0.25, -0.2) is 4.98 Å². The van der Waals surface area contributed by atoms with Gasteiger partial charge >= 0.3 is 0 Å². The number of aromatic nitrogens is 1. The number of pyridine rings is 1. The minimum absolute atomic E-state index is 0.584. The summed E-state index contributed by atoms with van der Waals surface area (Å²) in [5, 5.41) is 6.87. The van der Waals surface area contributed by atoms with Crippen LogP contribution in [0.25, 0.3) is 0 Å².